The summed E-state index contributed by atoms with van der Waals surface area (Å²) in [6.45, 7) is 1.95. The van der Waals surface area contributed by atoms with E-state index in [4.69, 9.17) is 17.3 Å². The number of benzene rings is 2. The Kier molecular flexibility index (Phi) is 4.31. The zero-order valence-electron chi connectivity index (χ0n) is 10.2. The van der Waals surface area contributed by atoms with E-state index in [2.05, 4.69) is 27.9 Å². The van der Waals surface area contributed by atoms with E-state index in [-0.39, 0.29) is 5.91 Å². The number of carbonyl (C=O) groups is 1. The lowest BCUT2D eigenvalue weighted by atomic mass is 10.1. The summed E-state index contributed by atoms with van der Waals surface area (Å²) in [7, 11) is 0. The van der Waals surface area contributed by atoms with Crippen molar-refractivity contribution in [3.63, 3.8) is 0 Å². The van der Waals surface area contributed by atoms with Crippen molar-refractivity contribution in [3.05, 3.63) is 56.1 Å². The second-order valence-electron chi connectivity index (χ2n) is 4.14. The summed E-state index contributed by atoms with van der Waals surface area (Å²) >= 11 is 8.04. The van der Waals surface area contributed by atoms with Crippen LogP contribution in [0.1, 0.15) is 15.9 Å². The molecule has 0 aromatic heterocycles. The third-order valence-electron chi connectivity index (χ3n) is 2.69. The predicted molar refractivity (Wildman–Crippen MR) is 87.7 cm³/mol. The van der Waals surface area contributed by atoms with E-state index in [0.29, 0.717) is 16.3 Å². The van der Waals surface area contributed by atoms with Crippen LogP contribution in [0.15, 0.2) is 36.4 Å². The topological polar surface area (TPSA) is 55.1 Å². The summed E-state index contributed by atoms with van der Waals surface area (Å²) in [5, 5.41) is 3.36. The van der Waals surface area contributed by atoms with Gasteiger partial charge in [-0.2, -0.15) is 0 Å². The Balaban J connectivity index is 2.25. The molecule has 0 saturated heterocycles. The van der Waals surface area contributed by atoms with Gasteiger partial charge in [0, 0.05) is 20.0 Å². The van der Waals surface area contributed by atoms with Crippen LogP contribution in [0.25, 0.3) is 0 Å². The fraction of sp³-hybridized carbons (Fsp3) is 0.0714. The number of nitrogens with two attached hydrogens (primary N) is 1. The minimum absolute atomic E-state index is 0.238. The fourth-order valence-corrected chi connectivity index (χ4v) is 2.52. The first-order valence-corrected chi connectivity index (χ1v) is 7.05. The molecule has 2 rings (SSSR count). The molecule has 0 aliphatic rings. The van der Waals surface area contributed by atoms with Crippen LogP contribution >= 0.6 is 34.2 Å². The summed E-state index contributed by atoms with van der Waals surface area (Å²) < 4.78 is 1.12. The van der Waals surface area contributed by atoms with Crippen molar-refractivity contribution in [1.29, 1.82) is 0 Å². The molecule has 3 N–H and O–H groups in total. The number of amides is 1. The molecule has 19 heavy (non-hydrogen) atoms. The van der Waals surface area contributed by atoms with Gasteiger partial charge in [0.05, 0.1) is 5.56 Å². The molecule has 1 amide bonds. The minimum Gasteiger partial charge on any atom is -0.398 e. The van der Waals surface area contributed by atoms with E-state index >= 15 is 0 Å². The quantitative estimate of drug-likeness (QED) is 0.603. The highest BCUT2D eigenvalue weighted by molar-refractivity contribution is 14.1. The van der Waals surface area contributed by atoms with Gasteiger partial charge in [0.15, 0.2) is 0 Å². The molecule has 0 bridgehead atoms. The van der Waals surface area contributed by atoms with Crippen LogP contribution in [0.4, 0.5) is 11.4 Å². The van der Waals surface area contributed by atoms with E-state index in [0.717, 1.165) is 14.8 Å². The largest absolute Gasteiger partial charge is 0.398 e. The number of nitrogen functional groups attached to an aromatic ring is 1. The van der Waals surface area contributed by atoms with Crippen LogP contribution in [-0.4, -0.2) is 5.91 Å². The first kappa shape index (κ1) is 14.1. The molecular weight excluding hydrogens is 375 g/mol. The molecule has 0 unspecified atom stereocenters. The maximum absolute atomic E-state index is 12.1. The molecule has 0 heterocycles. The highest BCUT2D eigenvalue weighted by atomic mass is 127. The number of nitrogens with one attached hydrogen (secondary N) is 1. The van der Waals surface area contributed by atoms with Gasteiger partial charge in [0.1, 0.15) is 0 Å². The lowest BCUT2D eigenvalue weighted by Gasteiger charge is -2.10. The molecule has 0 aliphatic heterocycles. The molecular formula is C14H12ClIN2O. The molecule has 98 valence electrons. The standard InChI is InChI=1S/C14H12ClIN2O/c1-8-6-10(16)3-5-13(8)18-14(19)11-4-2-9(15)7-12(11)17/h2-7H,17H2,1H3,(H,18,19). The maximum atomic E-state index is 12.1. The van der Waals surface area contributed by atoms with E-state index in [1.165, 1.54) is 0 Å². The first-order chi connectivity index (χ1) is 8.97. The van der Waals surface area contributed by atoms with Crippen molar-refractivity contribution in [3.8, 4) is 0 Å². The summed E-state index contributed by atoms with van der Waals surface area (Å²) in [6, 6.07) is 10.6. The van der Waals surface area contributed by atoms with Gasteiger partial charge in [0.2, 0.25) is 0 Å². The molecule has 0 atom stereocenters. The Hall–Kier alpha value is -1.27. The van der Waals surface area contributed by atoms with Gasteiger partial charge in [-0.15, -0.1) is 0 Å². The van der Waals surface area contributed by atoms with Gasteiger partial charge in [-0.1, -0.05) is 11.6 Å². The maximum Gasteiger partial charge on any atom is 0.257 e. The number of hydrogen-bond donors (Lipinski definition) is 2. The van der Waals surface area contributed by atoms with Crippen molar-refractivity contribution < 1.29 is 4.79 Å². The fourth-order valence-electron chi connectivity index (χ4n) is 1.70. The van der Waals surface area contributed by atoms with Crippen molar-refractivity contribution in [2.75, 3.05) is 11.1 Å². The van der Waals surface area contributed by atoms with Crippen LogP contribution in [0, 0.1) is 10.5 Å². The molecule has 5 heteroatoms. The van der Waals surface area contributed by atoms with E-state index in [1.807, 2.05) is 25.1 Å². The van der Waals surface area contributed by atoms with Crippen LogP contribution in [-0.2, 0) is 0 Å². The van der Waals surface area contributed by atoms with Crippen molar-refractivity contribution >= 4 is 51.5 Å². The van der Waals surface area contributed by atoms with Gasteiger partial charge in [0.25, 0.3) is 5.91 Å². The normalized spacial score (nSPS) is 10.3. The molecule has 2 aromatic rings. The Labute approximate surface area is 130 Å². The van der Waals surface area contributed by atoms with Crippen LogP contribution in [0.2, 0.25) is 5.02 Å². The van der Waals surface area contributed by atoms with Crippen molar-refractivity contribution in [2.45, 2.75) is 6.92 Å². The second-order valence-corrected chi connectivity index (χ2v) is 5.83. The molecule has 0 saturated carbocycles. The lowest BCUT2D eigenvalue weighted by molar-refractivity contribution is 0.102. The number of aryl methyl sites for hydroxylation is 1. The minimum atomic E-state index is -0.238. The van der Waals surface area contributed by atoms with Gasteiger partial charge < -0.3 is 11.1 Å². The number of carbonyl (C=O) groups excluding carboxylic acids is 1. The third kappa shape index (κ3) is 3.39. The second kappa shape index (κ2) is 5.79. The van der Waals surface area contributed by atoms with Crippen LogP contribution in [0.3, 0.4) is 0 Å². The van der Waals surface area contributed by atoms with E-state index in [1.54, 1.807) is 18.2 Å². The SMILES string of the molecule is Cc1cc(I)ccc1NC(=O)c1ccc(Cl)cc1N. The molecule has 0 spiro atoms. The van der Waals surface area contributed by atoms with Crippen LogP contribution in [0.5, 0.6) is 0 Å². The molecule has 0 aliphatic carbocycles. The Morgan fingerprint density at radius 2 is 2.00 bits per heavy atom. The molecule has 2 aromatic carbocycles. The average molecular weight is 387 g/mol. The molecule has 0 radical (unpaired) electrons. The number of halogens is 2. The zero-order valence-corrected chi connectivity index (χ0v) is 13.1. The van der Waals surface area contributed by atoms with Gasteiger partial charge in [-0.05, 0) is 71.5 Å². The third-order valence-corrected chi connectivity index (χ3v) is 3.60. The summed E-state index contributed by atoms with van der Waals surface area (Å²) in [4.78, 5) is 12.1. The number of hydrogen-bond acceptors (Lipinski definition) is 2. The smallest absolute Gasteiger partial charge is 0.257 e. The Morgan fingerprint density at radius 3 is 2.63 bits per heavy atom. The van der Waals surface area contributed by atoms with Crippen molar-refractivity contribution in [2.24, 2.45) is 0 Å². The number of rotatable bonds is 2. The van der Waals surface area contributed by atoms with Gasteiger partial charge >= 0.3 is 0 Å². The highest BCUT2D eigenvalue weighted by Gasteiger charge is 2.11. The predicted octanol–water partition coefficient (Wildman–Crippen LogP) is 4.09. The summed E-state index contributed by atoms with van der Waals surface area (Å²) in [5.74, 6) is -0.238. The molecule has 0 fully saturated rings. The van der Waals surface area contributed by atoms with E-state index in [9.17, 15) is 4.79 Å². The van der Waals surface area contributed by atoms with E-state index < -0.39 is 0 Å². The average Bonchev–Trinajstić information content (AvgIpc) is 2.32. The first-order valence-electron chi connectivity index (χ1n) is 5.60. The monoisotopic (exact) mass is 386 g/mol. The highest BCUT2D eigenvalue weighted by Crippen LogP contribution is 2.22. The Morgan fingerprint density at radius 1 is 1.26 bits per heavy atom. The zero-order chi connectivity index (χ0) is 14.0. The molecule has 3 nitrogen and oxygen atoms in total. The summed E-state index contributed by atoms with van der Waals surface area (Å²) in [6.07, 6.45) is 0. The summed E-state index contributed by atoms with van der Waals surface area (Å²) in [5.41, 5.74) is 8.36. The van der Waals surface area contributed by atoms with Gasteiger partial charge in [-0.25, -0.2) is 0 Å². The van der Waals surface area contributed by atoms with Crippen LogP contribution < -0.4 is 11.1 Å². The van der Waals surface area contributed by atoms with Crippen molar-refractivity contribution in [1.82, 2.24) is 0 Å². The lowest BCUT2D eigenvalue weighted by Crippen LogP contribution is -2.14. The number of anilines is 2. The van der Waals surface area contributed by atoms with Gasteiger partial charge in [-0.3, -0.25) is 4.79 Å². The Bertz CT molecular complexity index is 643.